The normalized spacial score (nSPS) is 49.6. The van der Waals surface area contributed by atoms with Crippen molar-refractivity contribution in [3.05, 3.63) is 0 Å². The highest BCUT2D eigenvalue weighted by atomic mass is 16.6. The highest BCUT2D eigenvalue weighted by Gasteiger charge is 2.64. The Labute approximate surface area is 119 Å². The van der Waals surface area contributed by atoms with Crippen molar-refractivity contribution >= 4 is 11.9 Å². The van der Waals surface area contributed by atoms with E-state index in [9.17, 15) is 9.59 Å². The van der Waals surface area contributed by atoms with Crippen LogP contribution in [0.3, 0.4) is 0 Å². The minimum atomic E-state index is -0.126. The molecule has 0 aromatic carbocycles. The minimum absolute atomic E-state index is 0.0799. The van der Waals surface area contributed by atoms with Gasteiger partial charge in [0.15, 0.2) is 0 Å². The first kappa shape index (κ1) is 12.7. The molecule has 2 heterocycles. The summed E-state index contributed by atoms with van der Waals surface area (Å²) in [5.41, 5.74) is 0. The minimum Gasteiger partial charge on any atom is -0.462 e. The van der Waals surface area contributed by atoms with E-state index in [2.05, 4.69) is 13.8 Å². The zero-order valence-electron chi connectivity index (χ0n) is 12.2. The smallest absolute Gasteiger partial charge is 0.310 e. The van der Waals surface area contributed by atoms with Crippen molar-refractivity contribution in [2.24, 2.45) is 35.5 Å². The molecule has 2 aliphatic heterocycles. The molecule has 4 aliphatic rings. The number of amides is 1. The average molecular weight is 277 g/mol. The molecule has 0 radical (unpaired) electrons. The monoisotopic (exact) mass is 277 g/mol. The van der Waals surface area contributed by atoms with Gasteiger partial charge in [-0.05, 0) is 37.0 Å². The lowest BCUT2D eigenvalue weighted by Gasteiger charge is -2.38. The molecule has 2 bridgehead atoms. The number of hydrogen-bond acceptors (Lipinski definition) is 3. The molecule has 2 saturated carbocycles. The van der Waals surface area contributed by atoms with E-state index < -0.39 is 0 Å². The van der Waals surface area contributed by atoms with Crippen LogP contribution in [0, 0.1) is 35.5 Å². The fourth-order valence-corrected chi connectivity index (χ4v) is 5.39. The first-order valence-corrected chi connectivity index (χ1v) is 8.04. The van der Waals surface area contributed by atoms with Gasteiger partial charge in [0, 0.05) is 19.0 Å². The molecule has 7 atom stereocenters. The van der Waals surface area contributed by atoms with Crippen LogP contribution >= 0.6 is 0 Å². The van der Waals surface area contributed by atoms with Crippen molar-refractivity contribution in [2.45, 2.75) is 39.2 Å². The van der Waals surface area contributed by atoms with Crippen LogP contribution in [-0.2, 0) is 14.3 Å². The molecule has 4 heteroatoms. The molecule has 4 fully saturated rings. The third kappa shape index (κ3) is 1.66. The number of carbonyl (C=O) groups is 2. The van der Waals surface area contributed by atoms with Crippen molar-refractivity contribution in [3.8, 4) is 0 Å². The van der Waals surface area contributed by atoms with Gasteiger partial charge in [0.1, 0.15) is 6.10 Å². The Hall–Kier alpha value is -1.06. The second kappa shape index (κ2) is 4.22. The topological polar surface area (TPSA) is 46.6 Å². The summed E-state index contributed by atoms with van der Waals surface area (Å²) < 4.78 is 5.44. The van der Waals surface area contributed by atoms with Crippen LogP contribution in [0.5, 0.6) is 0 Å². The molecular formula is C16H23NO3. The highest BCUT2D eigenvalue weighted by molar-refractivity contribution is 5.88. The van der Waals surface area contributed by atoms with Crippen LogP contribution in [0.15, 0.2) is 0 Å². The Balaban J connectivity index is 1.56. The summed E-state index contributed by atoms with van der Waals surface area (Å²) in [5.74, 6) is 1.80. The van der Waals surface area contributed by atoms with Crippen molar-refractivity contribution in [2.75, 3.05) is 13.1 Å². The van der Waals surface area contributed by atoms with Crippen molar-refractivity contribution in [1.82, 2.24) is 4.90 Å². The Bertz CT molecular complexity index is 451. The van der Waals surface area contributed by atoms with E-state index in [1.165, 1.54) is 6.42 Å². The molecule has 20 heavy (non-hydrogen) atoms. The Morgan fingerprint density at radius 2 is 1.85 bits per heavy atom. The average Bonchev–Trinajstić information content (AvgIpc) is 2.97. The van der Waals surface area contributed by atoms with E-state index in [4.69, 9.17) is 4.74 Å². The van der Waals surface area contributed by atoms with Gasteiger partial charge in [0.25, 0.3) is 0 Å². The number of esters is 1. The van der Waals surface area contributed by atoms with E-state index in [1.54, 1.807) is 0 Å². The van der Waals surface area contributed by atoms with Crippen LogP contribution in [0.25, 0.3) is 0 Å². The maximum Gasteiger partial charge on any atom is 0.310 e. The highest BCUT2D eigenvalue weighted by Crippen LogP contribution is 2.58. The summed E-state index contributed by atoms with van der Waals surface area (Å²) >= 11 is 0. The van der Waals surface area contributed by atoms with Gasteiger partial charge in [-0.2, -0.15) is 0 Å². The molecule has 0 aromatic heterocycles. The van der Waals surface area contributed by atoms with Gasteiger partial charge < -0.3 is 9.64 Å². The van der Waals surface area contributed by atoms with E-state index in [0.29, 0.717) is 23.7 Å². The second-order valence-electron chi connectivity index (χ2n) is 7.61. The van der Waals surface area contributed by atoms with Crippen LogP contribution in [0.2, 0.25) is 0 Å². The van der Waals surface area contributed by atoms with Crippen LogP contribution in [0.4, 0.5) is 0 Å². The Kier molecular flexibility index (Phi) is 2.67. The van der Waals surface area contributed by atoms with E-state index in [-0.39, 0.29) is 29.8 Å². The molecule has 110 valence electrons. The maximum absolute atomic E-state index is 12.9. The zero-order chi connectivity index (χ0) is 14.0. The van der Waals surface area contributed by atoms with Gasteiger partial charge in [0.2, 0.25) is 5.91 Å². The summed E-state index contributed by atoms with van der Waals surface area (Å²) in [5, 5.41) is 0. The third-order valence-corrected chi connectivity index (χ3v) is 5.95. The van der Waals surface area contributed by atoms with Crippen molar-refractivity contribution in [3.63, 3.8) is 0 Å². The number of ether oxygens (including phenoxy) is 1. The van der Waals surface area contributed by atoms with E-state index in [0.717, 1.165) is 25.9 Å². The summed E-state index contributed by atoms with van der Waals surface area (Å²) in [6, 6.07) is 0. The second-order valence-corrected chi connectivity index (χ2v) is 7.61. The molecule has 0 spiro atoms. The van der Waals surface area contributed by atoms with Gasteiger partial charge >= 0.3 is 5.97 Å². The lowest BCUT2D eigenvalue weighted by molar-refractivity contribution is -0.149. The van der Waals surface area contributed by atoms with Gasteiger partial charge in [-0.25, -0.2) is 0 Å². The first-order chi connectivity index (χ1) is 9.54. The van der Waals surface area contributed by atoms with E-state index in [1.807, 2.05) is 4.90 Å². The van der Waals surface area contributed by atoms with Gasteiger partial charge in [-0.1, -0.05) is 13.8 Å². The van der Waals surface area contributed by atoms with Gasteiger partial charge in [0.05, 0.1) is 11.8 Å². The standard InChI is InChI=1S/C16H23NO3/c1-8-3-9(2)7-17(6-8)15(18)13-10-4-11-12(5-10)20-16(19)14(11)13/h8-14H,3-7H2,1-2H3/t8?,9?,10-,11+,12-,13+,14-/m1/s1. The van der Waals surface area contributed by atoms with E-state index >= 15 is 0 Å². The van der Waals surface area contributed by atoms with Crippen molar-refractivity contribution < 1.29 is 14.3 Å². The summed E-state index contributed by atoms with van der Waals surface area (Å²) in [6.07, 6.45) is 3.27. The molecule has 2 aliphatic carbocycles. The predicted octanol–water partition coefficient (Wildman–Crippen LogP) is 1.69. The van der Waals surface area contributed by atoms with Crippen LogP contribution in [-0.4, -0.2) is 36.0 Å². The number of likely N-dealkylation sites (tertiary alicyclic amines) is 1. The molecule has 4 rings (SSSR count). The SMILES string of the molecule is CC1CC(C)CN(C(=O)[C@H]2[C@@H]3C[C@@H]4[C@H]2C(=O)O[C@@H]4C3)C1. The Morgan fingerprint density at radius 1 is 1.15 bits per heavy atom. The third-order valence-electron chi connectivity index (χ3n) is 5.95. The quantitative estimate of drug-likeness (QED) is 0.685. The molecule has 2 unspecified atom stereocenters. The first-order valence-electron chi connectivity index (χ1n) is 8.04. The summed E-state index contributed by atoms with van der Waals surface area (Å²) in [4.78, 5) is 27.0. The molecule has 0 N–H and O–H groups in total. The number of hydrogen-bond donors (Lipinski definition) is 0. The molecular weight excluding hydrogens is 254 g/mol. The fraction of sp³-hybridized carbons (Fsp3) is 0.875. The van der Waals surface area contributed by atoms with Crippen molar-refractivity contribution in [1.29, 1.82) is 0 Å². The number of piperidine rings is 1. The summed E-state index contributed by atoms with van der Waals surface area (Å²) in [6.45, 7) is 6.16. The zero-order valence-corrected chi connectivity index (χ0v) is 12.2. The summed E-state index contributed by atoms with van der Waals surface area (Å²) in [7, 11) is 0. The van der Waals surface area contributed by atoms with Gasteiger partial charge in [-0.3, -0.25) is 9.59 Å². The lowest BCUT2D eigenvalue weighted by atomic mass is 9.78. The number of nitrogens with zero attached hydrogens (tertiary/aromatic N) is 1. The maximum atomic E-state index is 12.9. The molecule has 1 amide bonds. The van der Waals surface area contributed by atoms with Crippen LogP contribution < -0.4 is 0 Å². The molecule has 2 saturated heterocycles. The number of carbonyl (C=O) groups excluding carboxylic acids is 2. The largest absolute Gasteiger partial charge is 0.462 e. The predicted molar refractivity (Wildman–Crippen MR) is 72.6 cm³/mol. The van der Waals surface area contributed by atoms with Crippen LogP contribution in [0.1, 0.15) is 33.1 Å². The fourth-order valence-electron chi connectivity index (χ4n) is 5.39. The number of rotatable bonds is 1. The Morgan fingerprint density at radius 3 is 2.55 bits per heavy atom. The molecule has 0 aromatic rings. The van der Waals surface area contributed by atoms with Gasteiger partial charge in [-0.15, -0.1) is 0 Å². The molecule has 4 nitrogen and oxygen atoms in total. The number of fused-ring (bicyclic) bond motifs is 1. The lowest BCUT2D eigenvalue weighted by Crippen LogP contribution is -2.48.